The molecule has 0 bridgehead atoms. The lowest BCUT2D eigenvalue weighted by atomic mass is 10.1. The predicted molar refractivity (Wildman–Crippen MR) is 85.9 cm³/mol. The average Bonchev–Trinajstić information content (AvgIpc) is 2.55. The number of esters is 1. The van der Waals surface area contributed by atoms with Crippen LogP contribution in [0, 0.1) is 6.92 Å². The molecule has 1 amide bonds. The molecule has 0 aromatic heterocycles. The van der Waals surface area contributed by atoms with Crippen LogP contribution in [0.4, 0.5) is 18.9 Å². The van der Waals surface area contributed by atoms with Crippen molar-refractivity contribution in [1.82, 2.24) is 0 Å². The summed E-state index contributed by atoms with van der Waals surface area (Å²) in [6, 6.07) is 11.3. The van der Waals surface area contributed by atoms with E-state index in [0.717, 1.165) is 35.4 Å². The van der Waals surface area contributed by atoms with Gasteiger partial charge in [0.15, 0.2) is 6.61 Å². The van der Waals surface area contributed by atoms with E-state index in [1.54, 1.807) is 12.1 Å². The van der Waals surface area contributed by atoms with Crippen LogP contribution < -0.4 is 5.32 Å². The summed E-state index contributed by atoms with van der Waals surface area (Å²) in [6.45, 7) is 1.35. The molecule has 0 aliphatic carbocycles. The maximum absolute atomic E-state index is 12.5. The van der Waals surface area contributed by atoms with E-state index in [-0.39, 0.29) is 12.1 Å². The Kier molecular flexibility index (Phi) is 5.80. The minimum atomic E-state index is -4.44. The Labute approximate surface area is 142 Å². The number of hydrogen-bond acceptors (Lipinski definition) is 3. The second kappa shape index (κ2) is 7.83. The van der Waals surface area contributed by atoms with Crippen LogP contribution in [0.3, 0.4) is 0 Å². The number of hydrogen-bond donors (Lipinski definition) is 1. The lowest BCUT2D eigenvalue weighted by Gasteiger charge is -2.09. The number of carbonyl (C=O) groups is 2. The summed E-state index contributed by atoms with van der Waals surface area (Å²) in [5, 5.41) is 2.37. The Morgan fingerprint density at radius 1 is 1.04 bits per heavy atom. The van der Waals surface area contributed by atoms with Gasteiger partial charge in [0, 0.05) is 5.69 Å². The van der Waals surface area contributed by atoms with Crippen molar-refractivity contribution in [1.29, 1.82) is 0 Å². The summed E-state index contributed by atoms with van der Waals surface area (Å²) in [6.07, 6.45) is -4.39. The highest BCUT2D eigenvalue weighted by Crippen LogP contribution is 2.29. The van der Waals surface area contributed by atoms with Gasteiger partial charge in [-0.1, -0.05) is 24.3 Å². The van der Waals surface area contributed by atoms with Gasteiger partial charge in [0.25, 0.3) is 5.91 Å². The summed E-state index contributed by atoms with van der Waals surface area (Å²) in [5.74, 6) is -1.19. The van der Waals surface area contributed by atoms with E-state index in [1.165, 1.54) is 0 Å². The van der Waals surface area contributed by atoms with E-state index in [9.17, 15) is 22.8 Å². The highest BCUT2D eigenvalue weighted by atomic mass is 19.4. The zero-order chi connectivity index (χ0) is 18.4. The number of benzene rings is 2. The van der Waals surface area contributed by atoms with Crippen molar-refractivity contribution >= 4 is 17.6 Å². The maximum atomic E-state index is 12.5. The molecule has 0 fully saturated rings. The van der Waals surface area contributed by atoms with Gasteiger partial charge in [-0.05, 0) is 42.3 Å². The first-order valence-corrected chi connectivity index (χ1v) is 7.43. The lowest BCUT2D eigenvalue weighted by Crippen LogP contribution is -2.21. The fraction of sp³-hybridized carbons (Fsp3) is 0.222. The van der Waals surface area contributed by atoms with E-state index >= 15 is 0 Å². The zero-order valence-electron chi connectivity index (χ0n) is 13.4. The van der Waals surface area contributed by atoms with Crippen molar-refractivity contribution < 1.29 is 27.5 Å². The smallest absolute Gasteiger partial charge is 0.416 e. The molecule has 2 rings (SSSR count). The van der Waals surface area contributed by atoms with Gasteiger partial charge in [-0.15, -0.1) is 0 Å². The summed E-state index contributed by atoms with van der Waals surface area (Å²) in [4.78, 5) is 23.5. The number of carbonyl (C=O) groups excluding carboxylic acids is 2. The first kappa shape index (κ1) is 18.5. The van der Waals surface area contributed by atoms with Gasteiger partial charge in [-0.25, -0.2) is 0 Å². The standard InChI is InChI=1S/C18H16F3NO3/c1-12-4-2-3-5-13(12)10-17(24)25-11-16(23)22-15-8-6-14(7-9-15)18(19,20)21/h2-9H,10-11H2,1H3,(H,22,23). The molecule has 0 radical (unpaired) electrons. The quantitative estimate of drug-likeness (QED) is 0.835. The third-order valence-corrected chi connectivity index (χ3v) is 3.46. The average molecular weight is 351 g/mol. The number of halogens is 3. The Balaban J connectivity index is 1.82. The van der Waals surface area contributed by atoms with Crippen molar-refractivity contribution in [2.45, 2.75) is 19.5 Å². The third-order valence-electron chi connectivity index (χ3n) is 3.46. The van der Waals surface area contributed by atoms with Crippen molar-refractivity contribution in [2.75, 3.05) is 11.9 Å². The number of nitrogens with one attached hydrogen (secondary N) is 1. The second-order valence-electron chi connectivity index (χ2n) is 5.39. The van der Waals surface area contributed by atoms with Crippen molar-refractivity contribution in [2.24, 2.45) is 0 Å². The molecule has 0 aliphatic rings. The molecule has 1 N–H and O–H groups in total. The molecule has 0 heterocycles. The van der Waals surface area contributed by atoms with Crippen molar-refractivity contribution in [3.05, 3.63) is 65.2 Å². The molecule has 7 heteroatoms. The number of aryl methyl sites for hydroxylation is 1. The highest BCUT2D eigenvalue weighted by molar-refractivity contribution is 5.92. The van der Waals surface area contributed by atoms with Crippen LogP contribution in [0.2, 0.25) is 0 Å². The van der Waals surface area contributed by atoms with Gasteiger partial charge in [0.1, 0.15) is 0 Å². The van der Waals surface area contributed by atoms with Crippen LogP contribution in [-0.2, 0) is 26.9 Å². The van der Waals surface area contributed by atoms with Crippen LogP contribution in [0.15, 0.2) is 48.5 Å². The van der Waals surface area contributed by atoms with Gasteiger partial charge in [-0.2, -0.15) is 13.2 Å². The van der Waals surface area contributed by atoms with Gasteiger partial charge in [0.05, 0.1) is 12.0 Å². The van der Waals surface area contributed by atoms with Gasteiger partial charge >= 0.3 is 12.1 Å². The van der Waals surface area contributed by atoms with Gasteiger partial charge < -0.3 is 10.1 Å². The van der Waals surface area contributed by atoms with Crippen LogP contribution in [0.25, 0.3) is 0 Å². The summed E-state index contributed by atoms with van der Waals surface area (Å²) >= 11 is 0. The predicted octanol–water partition coefficient (Wildman–Crippen LogP) is 3.74. The van der Waals surface area contributed by atoms with Gasteiger partial charge in [-0.3, -0.25) is 9.59 Å². The molecule has 0 spiro atoms. The Morgan fingerprint density at radius 3 is 2.28 bits per heavy atom. The molecule has 0 unspecified atom stereocenters. The highest BCUT2D eigenvalue weighted by Gasteiger charge is 2.29. The van der Waals surface area contributed by atoms with Crippen LogP contribution in [0.5, 0.6) is 0 Å². The summed E-state index contributed by atoms with van der Waals surface area (Å²) in [7, 11) is 0. The topological polar surface area (TPSA) is 55.4 Å². The molecule has 4 nitrogen and oxygen atoms in total. The Morgan fingerprint density at radius 2 is 1.68 bits per heavy atom. The van der Waals surface area contributed by atoms with Crippen LogP contribution in [-0.4, -0.2) is 18.5 Å². The summed E-state index contributed by atoms with van der Waals surface area (Å²) < 4.78 is 42.2. The minimum Gasteiger partial charge on any atom is -0.455 e. The molecule has 0 saturated carbocycles. The largest absolute Gasteiger partial charge is 0.455 e. The molecular formula is C18H16F3NO3. The summed E-state index contributed by atoms with van der Waals surface area (Å²) in [5.41, 5.74) is 1.12. The fourth-order valence-electron chi connectivity index (χ4n) is 2.10. The molecule has 0 aliphatic heterocycles. The van der Waals surface area contributed by atoms with Gasteiger partial charge in [0.2, 0.25) is 0 Å². The number of amides is 1. The fourth-order valence-corrected chi connectivity index (χ4v) is 2.10. The molecule has 0 atom stereocenters. The first-order valence-electron chi connectivity index (χ1n) is 7.43. The van der Waals surface area contributed by atoms with E-state index in [4.69, 9.17) is 4.74 Å². The van der Waals surface area contributed by atoms with Crippen molar-refractivity contribution in [3.63, 3.8) is 0 Å². The minimum absolute atomic E-state index is 0.0419. The van der Waals surface area contributed by atoms with E-state index in [0.29, 0.717) is 0 Å². The van der Waals surface area contributed by atoms with Crippen LogP contribution >= 0.6 is 0 Å². The monoisotopic (exact) mass is 351 g/mol. The van der Waals surface area contributed by atoms with E-state index in [2.05, 4.69) is 5.32 Å². The number of rotatable bonds is 5. The Hall–Kier alpha value is -2.83. The normalized spacial score (nSPS) is 11.0. The third kappa shape index (κ3) is 5.63. The maximum Gasteiger partial charge on any atom is 0.416 e. The molecule has 132 valence electrons. The first-order chi connectivity index (χ1) is 11.8. The molecule has 25 heavy (non-hydrogen) atoms. The second-order valence-corrected chi connectivity index (χ2v) is 5.39. The van der Waals surface area contributed by atoms with Crippen molar-refractivity contribution in [3.8, 4) is 0 Å². The molecule has 2 aromatic carbocycles. The molecular weight excluding hydrogens is 335 g/mol. The number of alkyl halides is 3. The lowest BCUT2D eigenvalue weighted by molar-refractivity contribution is -0.146. The Bertz CT molecular complexity index is 755. The SMILES string of the molecule is Cc1ccccc1CC(=O)OCC(=O)Nc1ccc(C(F)(F)F)cc1. The number of anilines is 1. The molecule has 2 aromatic rings. The van der Waals surface area contributed by atoms with E-state index in [1.807, 2.05) is 19.1 Å². The van der Waals surface area contributed by atoms with E-state index < -0.39 is 30.2 Å². The van der Waals surface area contributed by atoms with Crippen LogP contribution in [0.1, 0.15) is 16.7 Å². The number of ether oxygens (including phenoxy) is 1. The zero-order valence-corrected chi connectivity index (χ0v) is 13.4. The molecule has 0 saturated heterocycles.